The standard InChI is InChI=1S/C10H16N2O/c1-12-7-6-11-9(12)2-3-10(8-13)4-5-10/h6-7,13H,2-5,8H2,1H3. The summed E-state index contributed by atoms with van der Waals surface area (Å²) in [6, 6.07) is 0. The molecule has 0 amide bonds. The third-order valence-electron chi connectivity index (χ3n) is 3.09. The molecule has 1 aromatic heterocycles. The average molecular weight is 180 g/mol. The summed E-state index contributed by atoms with van der Waals surface area (Å²) in [6.45, 7) is 0.345. The van der Waals surface area contributed by atoms with Crippen molar-refractivity contribution in [3.8, 4) is 0 Å². The zero-order chi connectivity index (χ0) is 9.31. The summed E-state index contributed by atoms with van der Waals surface area (Å²) in [5.74, 6) is 1.12. The van der Waals surface area contributed by atoms with Crippen molar-refractivity contribution in [3.05, 3.63) is 18.2 Å². The second-order valence-corrected chi connectivity index (χ2v) is 4.11. The molecule has 1 aromatic rings. The smallest absolute Gasteiger partial charge is 0.108 e. The lowest BCUT2D eigenvalue weighted by atomic mass is 10.0. The van der Waals surface area contributed by atoms with Crippen LogP contribution in [0.25, 0.3) is 0 Å². The molecule has 0 radical (unpaired) electrons. The summed E-state index contributed by atoms with van der Waals surface area (Å²) in [6.07, 6.45) is 8.24. The van der Waals surface area contributed by atoms with Gasteiger partial charge in [-0.05, 0) is 24.7 Å². The highest BCUT2D eigenvalue weighted by molar-refractivity contribution is 4.98. The minimum Gasteiger partial charge on any atom is -0.396 e. The third kappa shape index (κ3) is 1.75. The number of aliphatic hydroxyl groups excluding tert-OH is 1. The van der Waals surface area contributed by atoms with Crippen molar-refractivity contribution in [1.82, 2.24) is 9.55 Å². The molecule has 1 saturated carbocycles. The van der Waals surface area contributed by atoms with Gasteiger partial charge >= 0.3 is 0 Å². The van der Waals surface area contributed by atoms with Crippen molar-refractivity contribution in [2.75, 3.05) is 6.61 Å². The predicted molar refractivity (Wildman–Crippen MR) is 50.3 cm³/mol. The molecule has 0 aromatic carbocycles. The molecule has 1 N–H and O–H groups in total. The Balaban J connectivity index is 1.90. The van der Waals surface area contributed by atoms with Crippen LogP contribution in [0, 0.1) is 5.41 Å². The van der Waals surface area contributed by atoms with Crippen molar-refractivity contribution in [1.29, 1.82) is 0 Å². The molecule has 0 unspecified atom stereocenters. The molecule has 0 aliphatic heterocycles. The molecular formula is C10H16N2O. The van der Waals surface area contributed by atoms with E-state index in [0.717, 1.165) is 18.7 Å². The fourth-order valence-electron chi connectivity index (χ4n) is 1.68. The fraction of sp³-hybridized carbons (Fsp3) is 0.700. The van der Waals surface area contributed by atoms with E-state index in [-0.39, 0.29) is 5.41 Å². The summed E-state index contributed by atoms with van der Waals surface area (Å²) in [5.41, 5.74) is 0.256. The van der Waals surface area contributed by atoms with Crippen molar-refractivity contribution >= 4 is 0 Å². The van der Waals surface area contributed by atoms with Crippen molar-refractivity contribution in [2.45, 2.75) is 25.7 Å². The van der Waals surface area contributed by atoms with Gasteiger partial charge in [0.2, 0.25) is 0 Å². The van der Waals surface area contributed by atoms with Crippen molar-refractivity contribution in [2.24, 2.45) is 12.5 Å². The number of rotatable bonds is 4. The van der Waals surface area contributed by atoms with Gasteiger partial charge in [0.25, 0.3) is 0 Å². The SMILES string of the molecule is Cn1ccnc1CCC1(CO)CC1. The van der Waals surface area contributed by atoms with E-state index >= 15 is 0 Å². The summed E-state index contributed by atoms with van der Waals surface area (Å²) in [5, 5.41) is 9.13. The van der Waals surface area contributed by atoms with Gasteiger partial charge in [0, 0.05) is 32.5 Å². The summed E-state index contributed by atoms with van der Waals surface area (Å²) in [7, 11) is 2.01. The lowest BCUT2D eigenvalue weighted by Crippen LogP contribution is -2.09. The molecule has 0 saturated heterocycles. The first-order valence-corrected chi connectivity index (χ1v) is 4.83. The first-order valence-electron chi connectivity index (χ1n) is 4.83. The molecule has 1 aliphatic rings. The van der Waals surface area contributed by atoms with Crippen LogP contribution in [0.5, 0.6) is 0 Å². The summed E-state index contributed by atoms with van der Waals surface area (Å²) >= 11 is 0. The molecule has 0 bridgehead atoms. The fourth-order valence-corrected chi connectivity index (χ4v) is 1.68. The summed E-state index contributed by atoms with van der Waals surface area (Å²) < 4.78 is 2.05. The molecule has 1 fully saturated rings. The Kier molecular flexibility index (Phi) is 2.12. The summed E-state index contributed by atoms with van der Waals surface area (Å²) in [4.78, 5) is 4.26. The van der Waals surface area contributed by atoms with Gasteiger partial charge in [0.15, 0.2) is 0 Å². The molecule has 1 heterocycles. The molecule has 3 nitrogen and oxygen atoms in total. The van der Waals surface area contributed by atoms with Gasteiger partial charge in [0.1, 0.15) is 5.82 Å². The highest BCUT2D eigenvalue weighted by Crippen LogP contribution is 2.48. The van der Waals surface area contributed by atoms with Crippen LogP contribution in [-0.4, -0.2) is 21.3 Å². The van der Waals surface area contributed by atoms with Crippen LogP contribution in [0.1, 0.15) is 25.1 Å². The number of aromatic nitrogens is 2. The normalized spacial score (nSPS) is 18.9. The van der Waals surface area contributed by atoms with Gasteiger partial charge in [-0.1, -0.05) is 0 Å². The zero-order valence-electron chi connectivity index (χ0n) is 8.03. The Labute approximate surface area is 78.4 Å². The molecule has 3 heteroatoms. The van der Waals surface area contributed by atoms with Crippen LogP contribution >= 0.6 is 0 Å². The van der Waals surface area contributed by atoms with Gasteiger partial charge < -0.3 is 9.67 Å². The second-order valence-electron chi connectivity index (χ2n) is 4.11. The van der Waals surface area contributed by atoms with Gasteiger partial charge in [-0.15, -0.1) is 0 Å². The van der Waals surface area contributed by atoms with Gasteiger partial charge in [-0.3, -0.25) is 0 Å². The van der Waals surface area contributed by atoms with Crippen LogP contribution < -0.4 is 0 Å². The largest absolute Gasteiger partial charge is 0.396 e. The number of aliphatic hydroxyl groups is 1. The quantitative estimate of drug-likeness (QED) is 0.754. The van der Waals surface area contributed by atoms with Crippen molar-refractivity contribution < 1.29 is 5.11 Å². The van der Waals surface area contributed by atoms with Gasteiger partial charge in [0.05, 0.1) is 0 Å². The van der Waals surface area contributed by atoms with Crippen LogP contribution in [0.15, 0.2) is 12.4 Å². The van der Waals surface area contributed by atoms with Gasteiger partial charge in [-0.25, -0.2) is 4.98 Å². The number of hydrogen-bond donors (Lipinski definition) is 1. The maximum absolute atomic E-state index is 9.13. The van der Waals surface area contributed by atoms with E-state index in [1.807, 2.05) is 24.0 Å². The zero-order valence-corrected chi connectivity index (χ0v) is 8.03. The van der Waals surface area contributed by atoms with E-state index in [0.29, 0.717) is 6.61 Å². The number of aryl methyl sites for hydroxylation is 2. The van der Waals surface area contributed by atoms with E-state index in [9.17, 15) is 0 Å². The van der Waals surface area contributed by atoms with E-state index < -0.39 is 0 Å². The third-order valence-corrected chi connectivity index (χ3v) is 3.09. The molecule has 13 heavy (non-hydrogen) atoms. The van der Waals surface area contributed by atoms with Crippen LogP contribution in [0.3, 0.4) is 0 Å². The Morgan fingerprint density at radius 1 is 1.62 bits per heavy atom. The Hall–Kier alpha value is -0.830. The first kappa shape index (κ1) is 8.75. The lowest BCUT2D eigenvalue weighted by molar-refractivity contribution is 0.202. The minimum absolute atomic E-state index is 0.256. The molecule has 1 aliphatic carbocycles. The second kappa shape index (κ2) is 3.14. The number of imidazole rings is 1. The van der Waals surface area contributed by atoms with E-state index in [1.165, 1.54) is 12.8 Å². The Bertz CT molecular complexity index is 289. The Morgan fingerprint density at radius 2 is 2.38 bits per heavy atom. The number of hydrogen-bond acceptors (Lipinski definition) is 2. The van der Waals surface area contributed by atoms with Crippen molar-refractivity contribution in [3.63, 3.8) is 0 Å². The van der Waals surface area contributed by atoms with Crippen LogP contribution in [0.2, 0.25) is 0 Å². The maximum Gasteiger partial charge on any atom is 0.108 e. The van der Waals surface area contributed by atoms with E-state index in [4.69, 9.17) is 5.11 Å². The average Bonchev–Trinajstić information content (AvgIpc) is 2.82. The monoisotopic (exact) mass is 180 g/mol. The molecule has 0 spiro atoms. The van der Waals surface area contributed by atoms with Gasteiger partial charge in [-0.2, -0.15) is 0 Å². The minimum atomic E-state index is 0.256. The van der Waals surface area contributed by atoms with E-state index in [2.05, 4.69) is 4.98 Å². The lowest BCUT2D eigenvalue weighted by Gasteiger charge is -2.10. The highest BCUT2D eigenvalue weighted by Gasteiger charge is 2.41. The molecule has 2 rings (SSSR count). The number of nitrogens with zero attached hydrogens (tertiary/aromatic N) is 2. The molecule has 72 valence electrons. The van der Waals surface area contributed by atoms with Crippen LogP contribution in [-0.2, 0) is 13.5 Å². The molecule has 0 atom stereocenters. The molecular weight excluding hydrogens is 164 g/mol. The van der Waals surface area contributed by atoms with Crippen LogP contribution in [0.4, 0.5) is 0 Å². The topological polar surface area (TPSA) is 38.0 Å². The predicted octanol–water partition coefficient (Wildman–Crippen LogP) is 1.13. The van der Waals surface area contributed by atoms with E-state index in [1.54, 1.807) is 0 Å². The highest BCUT2D eigenvalue weighted by atomic mass is 16.3. The Morgan fingerprint density at radius 3 is 2.85 bits per heavy atom. The maximum atomic E-state index is 9.13. The first-order chi connectivity index (χ1) is 6.26.